The molecule has 29 heavy (non-hydrogen) atoms. The Kier molecular flexibility index (Phi) is 5.49. The van der Waals surface area contributed by atoms with E-state index in [0.29, 0.717) is 16.5 Å². The van der Waals surface area contributed by atoms with Crippen LogP contribution in [0, 0.1) is 10.1 Å². The van der Waals surface area contributed by atoms with E-state index in [1.54, 1.807) is 24.3 Å². The molecule has 2 aromatic carbocycles. The summed E-state index contributed by atoms with van der Waals surface area (Å²) in [6.45, 7) is -0.0995. The minimum Gasteiger partial charge on any atom is -0.368 e. The molecule has 0 unspecified atom stereocenters. The first-order chi connectivity index (χ1) is 13.8. The fraction of sp³-hybridized carbons (Fsp3) is 0.111. The number of nitrogens with one attached hydrogen (secondary N) is 3. The smallest absolute Gasteiger partial charge is 0.272 e. The van der Waals surface area contributed by atoms with Crippen LogP contribution in [0.2, 0.25) is 0 Å². The van der Waals surface area contributed by atoms with Gasteiger partial charge in [-0.05, 0) is 23.8 Å². The van der Waals surface area contributed by atoms with E-state index in [-0.39, 0.29) is 24.5 Å². The van der Waals surface area contributed by atoms with Crippen LogP contribution in [-0.2, 0) is 11.3 Å². The number of carbonyl (C=O) groups excluding carboxylic acids is 3. The normalized spacial score (nSPS) is 10.5. The number of carbonyl (C=O) groups is 3. The van der Waals surface area contributed by atoms with Crippen molar-refractivity contribution in [2.24, 2.45) is 5.73 Å². The van der Waals surface area contributed by atoms with Gasteiger partial charge in [0.05, 0.1) is 17.0 Å². The number of aromatic amines is 1. The molecule has 0 saturated carbocycles. The molecule has 148 valence electrons. The summed E-state index contributed by atoms with van der Waals surface area (Å²) in [5.41, 5.74) is 6.45. The Morgan fingerprint density at radius 1 is 1.07 bits per heavy atom. The van der Waals surface area contributed by atoms with Crippen LogP contribution in [0.4, 0.5) is 5.69 Å². The fourth-order valence-electron chi connectivity index (χ4n) is 2.60. The van der Waals surface area contributed by atoms with Gasteiger partial charge in [-0.1, -0.05) is 12.1 Å². The lowest BCUT2D eigenvalue weighted by atomic mass is 10.1. The standard InChI is InChI=1S/C18H16N6O5/c19-15(25)9-21-17(26)11-3-1-10(2-4-11)8-20-18(27)16-13-7-12(24(28)29)5-6-14(13)22-23-16/h1-7H,8-9H2,(H2,19,25)(H,20,27)(H,21,26)(H,22,23). The molecule has 3 rings (SSSR count). The summed E-state index contributed by atoms with van der Waals surface area (Å²) in [7, 11) is 0. The molecule has 0 saturated heterocycles. The van der Waals surface area contributed by atoms with Gasteiger partial charge in [0.2, 0.25) is 5.91 Å². The van der Waals surface area contributed by atoms with E-state index in [9.17, 15) is 24.5 Å². The number of amides is 3. The number of nitrogens with two attached hydrogens (primary N) is 1. The molecule has 5 N–H and O–H groups in total. The Hall–Kier alpha value is -4.28. The summed E-state index contributed by atoms with van der Waals surface area (Å²) in [5.74, 6) is -1.59. The summed E-state index contributed by atoms with van der Waals surface area (Å²) < 4.78 is 0. The van der Waals surface area contributed by atoms with Gasteiger partial charge in [-0.25, -0.2) is 0 Å². The maximum Gasteiger partial charge on any atom is 0.272 e. The molecule has 0 aliphatic heterocycles. The number of benzene rings is 2. The summed E-state index contributed by atoms with van der Waals surface area (Å²) in [4.78, 5) is 45.3. The second-order valence-corrected chi connectivity index (χ2v) is 6.09. The van der Waals surface area contributed by atoms with Crippen LogP contribution < -0.4 is 16.4 Å². The van der Waals surface area contributed by atoms with E-state index in [1.165, 1.54) is 18.2 Å². The van der Waals surface area contributed by atoms with Crippen molar-refractivity contribution in [2.45, 2.75) is 6.54 Å². The molecule has 0 aliphatic carbocycles. The van der Waals surface area contributed by atoms with Gasteiger partial charge in [-0.2, -0.15) is 5.10 Å². The van der Waals surface area contributed by atoms with E-state index in [1.807, 2.05) is 0 Å². The summed E-state index contributed by atoms with van der Waals surface area (Å²) in [5, 5.41) is 22.9. The van der Waals surface area contributed by atoms with Gasteiger partial charge >= 0.3 is 0 Å². The molecule has 0 spiro atoms. The number of fused-ring (bicyclic) bond motifs is 1. The third kappa shape index (κ3) is 4.53. The zero-order chi connectivity index (χ0) is 21.0. The third-order valence-electron chi connectivity index (χ3n) is 4.06. The topological polar surface area (TPSA) is 173 Å². The molecular formula is C18H16N6O5. The number of nitrogens with zero attached hydrogens (tertiary/aromatic N) is 2. The number of primary amides is 1. The van der Waals surface area contributed by atoms with Gasteiger partial charge in [-0.3, -0.25) is 29.6 Å². The molecule has 3 amide bonds. The van der Waals surface area contributed by atoms with Crippen molar-refractivity contribution in [3.05, 3.63) is 69.4 Å². The highest BCUT2D eigenvalue weighted by molar-refractivity contribution is 6.05. The lowest BCUT2D eigenvalue weighted by molar-refractivity contribution is -0.384. The number of rotatable bonds is 7. The Morgan fingerprint density at radius 3 is 2.45 bits per heavy atom. The molecular weight excluding hydrogens is 380 g/mol. The van der Waals surface area contributed by atoms with Crippen molar-refractivity contribution in [3.8, 4) is 0 Å². The van der Waals surface area contributed by atoms with E-state index in [0.717, 1.165) is 5.56 Å². The van der Waals surface area contributed by atoms with E-state index in [4.69, 9.17) is 5.73 Å². The largest absolute Gasteiger partial charge is 0.368 e. The average Bonchev–Trinajstić information content (AvgIpc) is 3.13. The van der Waals surface area contributed by atoms with Crippen molar-refractivity contribution < 1.29 is 19.3 Å². The zero-order valence-electron chi connectivity index (χ0n) is 15.0. The number of hydrogen-bond acceptors (Lipinski definition) is 6. The number of nitro groups is 1. The van der Waals surface area contributed by atoms with Gasteiger partial charge in [0.25, 0.3) is 17.5 Å². The van der Waals surface area contributed by atoms with Crippen LogP contribution in [0.3, 0.4) is 0 Å². The first-order valence-corrected chi connectivity index (χ1v) is 8.41. The summed E-state index contributed by atoms with van der Waals surface area (Å²) >= 11 is 0. The second kappa shape index (κ2) is 8.17. The van der Waals surface area contributed by atoms with Crippen molar-refractivity contribution in [1.29, 1.82) is 0 Å². The van der Waals surface area contributed by atoms with Gasteiger partial charge in [0, 0.05) is 29.6 Å². The van der Waals surface area contributed by atoms with Gasteiger partial charge in [-0.15, -0.1) is 0 Å². The molecule has 3 aromatic rings. The maximum absolute atomic E-state index is 12.4. The maximum atomic E-state index is 12.4. The molecule has 0 aliphatic rings. The van der Waals surface area contributed by atoms with Crippen molar-refractivity contribution in [1.82, 2.24) is 20.8 Å². The zero-order valence-corrected chi connectivity index (χ0v) is 15.0. The highest BCUT2D eigenvalue weighted by Gasteiger charge is 2.17. The number of nitro benzene ring substituents is 1. The van der Waals surface area contributed by atoms with Crippen molar-refractivity contribution in [2.75, 3.05) is 6.54 Å². The predicted molar refractivity (Wildman–Crippen MR) is 102 cm³/mol. The second-order valence-electron chi connectivity index (χ2n) is 6.09. The minimum atomic E-state index is -0.645. The highest BCUT2D eigenvalue weighted by atomic mass is 16.6. The number of non-ortho nitro benzene ring substituents is 1. The molecule has 0 bridgehead atoms. The molecule has 1 heterocycles. The van der Waals surface area contributed by atoms with Gasteiger partial charge in [0.1, 0.15) is 0 Å². The molecule has 11 heteroatoms. The molecule has 0 radical (unpaired) electrons. The average molecular weight is 396 g/mol. The van der Waals surface area contributed by atoms with Gasteiger partial charge < -0.3 is 16.4 Å². The van der Waals surface area contributed by atoms with Crippen LogP contribution in [0.15, 0.2) is 42.5 Å². The van der Waals surface area contributed by atoms with Crippen LogP contribution in [0.5, 0.6) is 0 Å². The van der Waals surface area contributed by atoms with Crippen molar-refractivity contribution >= 4 is 34.3 Å². The Morgan fingerprint density at radius 2 is 1.79 bits per heavy atom. The highest BCUT2D eigenvalue weighted by Crippen LogP contribution is 2.22. The monoisotopic (exact) mass is 396 g/mol. The Labute approximate surface area is 163 Å². The lowest BCUT2D eigenvalue weighted by Crippen LogP contribution is -2.33. The number of H-pyrrole nitrogens is 1. The molecule has 0 fully saturated rings. The third-order valence-corrected chi connectivity index (χ3v) is 4.06. The SMILES string of the molecule is NC(=O)CNC(=O)c1ccc(CNC(=O)c2n[nH]c3ccc([N+](=O)[O-])cc23)cc1. The molecule has 11 nitrogen and oxygen atoms in total. The quantitative estimate of drug-likeness (QED) is 0.336. The minimum absolute atomic E-state index is 0.0474. The van der Waals surface area contributed by atoms with E-state index >= 15 is 0 Å². The first-order valence-electron chi connectivity index (χ1n) is 8.41. The van der Waals surface area contributed by atoms with E-state index < -0.39 is 22.6 Å². The molecule has 0 atom stereocenters. The Balaban J connectivity index is 1.66. The van der Waals surface area contributed by atoms with Crippen LogP contribution >= 0.6 is 0 Å². The number of hydrogen-bond donors (Lipinski definition) is 4. The van der Waals surface area contributed by atoms with E-state index in [2.05, 4.69) is 20.8 Å². The predicted octanol–water partition coefficient (Wildman–Crippen LogP) is 0.616. The Bertz CT molecular complexity index is 1110. The van der Waals surface area contributed by atoms with Crippen LogP contribution in [-0.4, -0.2) is 39.4 Å². The summed E-state index contributed by atoms with van der Waals surface area (Å²) in [6.07, 6.45) is 0. The molecule has 1 aromatic heterocycles. The van der Waals surface area contributed by atoms with Crippen LogP contribution in [0.25, 0.3) is 10.9 Å². The van der Waals surface area contributed by atoms with Crippen LogP contribution in [0.1, 0.15) is 26.4 Å². The fourth-order valence-corrected chi connectivity index (χ4v) is 2.60. The lowest BCUT2D eigenvalue weighted by Gasteiger charge is -2.06. The van der Waals surface area contributed by atoms with Crippen molar-refractivity contribution in [3.63, 3.8) is 0 Å². The summed E-state index contributed by atoms with van der Waals surface area (Å²) in [6, 6.07) is 10.5. The first kappa shape index (κ1) is 19.5. The number of aromatic nitrogens is 2. The van der Waals surface area contributed by atoms with Gasteiger partial charge in [0.15, 0.2) is 5.69 Å².